The van der Waals surface area contributed by atoms with Crippen molar-refractivity contribution in [1.82, 2.24) is 9.97 Å². The predicted octanol–water partition coefficient (Wildman–Crippen LogP) is 2.78. The van der Waals surface area contributed by atoms with Gasteiger partial charge in [0.1, 0.15) is 5.65 Å². The van der Waals surface area contributed by atoms with Gasteiger partial charge < -0.3 is 4.98 Å². The lowest BCUT2D eigenvalue weighted by Crippen LogP contribution is -2.16. The standard InChI is InChI=1S/C14H18N2O/c1-5-9-8-10-6-7-11(14(2,3)4)15-12(10)16-13(9)17/h6-8H,5H2,1-4H3,(H,15,16,17). The Balaban J connectivity index is 2.68. The molecule has 3 heteroatoms. The molecule has 17 heavy (non-hydrogen) atoms. The number of aromatic amines is 1. The molecule has 0 unspecified atom stereocenters. The first kappa shape index (κ1) is 11.8. The minimum Gasteiger partial charge on any atom is -0.306 e. The van der Waals surface area contributed by atoms with Gasteiger partial charge in [-0.2, -0.15) is 0 Å². The van der Waals surface area contributed by atoms with Gasteiger partial charge in [-0.25, -0.2) is 4.98 Å². The number of hydrogen-bond donors (Lipinski definition) is 1. The highest BCUT2D eigenvalue weighted by atomic mass is 16.1. The van der Waals surface area contributed by atoms with E-state index in [1.54, 1.807) is 0 Å². The lowest BCUT2D eigenvalue weighted by Gasteiger charge is -2.17. The number of fused-ring (bicyclic) bond motifs is 1. The van der Waals surface area contributed by atoms with Crippen LogP contribution in [0.3, 0.4) is 0 Å². The average Bonchev–Trinajstić information content (AvgIpc) is 2.26. The van der Waals surface area contributed by atoms with Crippen LogP contribution in [0.4, 0.5) is 0 Å². The van der Waals surface area contributed by atoms with E-state index in [0.717, 1.165) is 23.1 Å². The fourth-order valence-electron chi connectivity index (χ4n) is 1.81. The number of rotatable bonds is 1. The van der Waals surface area contributed by atoms with Crippen LogP contribution < -0.4 is 5.56 Å². The van der Waals surface area contributed by atoms with E-state index in [2.05, 4.69) is 30.7 Å². The highest BCUT2D eigenvalue weighted by Crippen LogP contribution is 2.21. The Hall–Kier alpha value is -1.64. The van der Waals surface area contributed by atoms with Crippen LogP contribution in [0.15, 0.2) is 23.0 Å². The topological polar surface area (TPSA) is 45.8 Å². The smallest absolute Gasteiger partial charge is 0.252 e. The van der Waals surface area contributed by atoms with E-state index >= 15 is 0 Å². The van der Waals surface area contributed by atoms with Crippen molar-refractivity contribution in [2.45, 2.75) is 39.5 Å². The van der Waals surface area contributed by atoms with Crippen LogP contribution in [0, 0.1) is 0 Å². The van der Waals surface area contributed by atoms with Gasteiger partial charge in [-0.3, -0.25) is 4.79 Å². The van der Waals surface area contributed by atoms with Crippen molar-refractivity contribution in [1.29, 1.82) is 0 Å². The Kier molecular flexibility index (Phi) is 2.77. The van der Waals surface area contributed by atoms with Gasteiger partial charge in [0.25, 0.3) is 5.56 Å². The Morgan fingerprint density at radius 3 is 2.59 bits per heavy atom. The minimum atomic E-state index is -0.0291. The monoisotopic (exact) mass is 230 g/mol. The second-order valence-electron chi connectivity index (χ2n) is 5.36. The molecule has 0 aliphatic carbocycles. The molecule has 0 saturated heterocycles. The first-order chi connectivity index (χ1) is 7.91. The lowest BCUT2D eigenvalue weighted by molar-refractivity contribution is 0.571. The van der Waals surface area contributed by atoms with Gasteiger partial charge >= 0.3 is 0 Å². The Morgan fingerprint density at radius 1 is 1.29 bits per heavy atom. The lowest BCUT2D eigenvalue weighted by atomic mass is 9.91. The summed E-state index contributed by atoms with van der Waals surface area (Å²) in [5.41, 5.74) is 2.44. The summed E-state index contributed by atoms with van der Waals surface area (Å²) in [5, 5.41) is 0.995. The summed E-state index contributed by atoms with van der Waals surface area (Å²) in [6, 6.07) is 5.98. The molecule has 3 nitrogen and oxygen atoms in total. The van der Waals surface area contributed by atoms with Crippen molar-refractivity contribution >= 4 is 11.0 Å². The zero-order chi connectivity index (χ0) is 12.6. The zero-order valence-corrected chi connectivity index (χ0v) is 10.8. The molecule has 2 aromatic heterocycles. The Bertz CT molecular complexity index is 606. The SMILES string of the molecule is CCc1cc2ccc(C(C)(C)C)nc2[nH]c1=O. The molecule has 2 heterocycles. The molecule has 0 aliphatic rings. The van der Waals surface area contributed by atoms with Crippen molar-refractivity contribution in [3.63, 3.8) is 0 Å². The van der Waals surface area contributed by atoms with Gasteiger partial charge in [0.05, 0.1) is 0 Å². The van der Waals surface area contributed by atoms with E-state index in [1.165, 1.54) is 0 Å². The van der Waals surface area contributed by atoms with Crippen LogP contribution in [0.5, 0.6) is 0 Å². The van der Waals surface area contributed by atoms with Crippen molar-refractivity contribution in [2.75, 3.05) is 0 Å². The molecule has 0 atom stereocenters. The molecule has 0 radical (unpaired) electrons. The zero-order valence-electron chi connectivity index (χ0n) is 10.8. The molecule has 0 fully saturated rings. The van der Waals surface area contributed by atoms with Crippen LogP contribution in [0.1, 0.15) is 39.0 Å². The number of aromatic nitrogens is 2. The van der Waals surface area contributed by atoms with Crippen LogP contribution in [-0.2, 0) is 11.8 Å². The number of H-pyrrole nitrogens is 1. The highest BCUT2D eigenvalue weighted by Gasteiger charge is 2.15. The fourth-order valence-corrected chi connectivity index (χ4v) is 1.81. The van der Waals surface area contributed by atoms with Gasteiger partial charge in [-0.15, -0.1) is 0 Å². The Morgan fingerprint density at radius 2 is 2.00 bits per heavy atom. The molecular formula is C14H18N2O. The molecule has 0 aliphatic heterocycles. The van der Waals surface area contributed by atoms with Crippen LogP contribution in [0.25, 0.3) is 11.0 Å². The molecule has 0 bridgehead atoms. The van der Waals surface area contributed by atoms with Crippen LogP contribution in [-0.4, -0.2) is 9.97 Å². The van der Waals surface area contributed by atoms with E-state index < -0.39 is 0 Å². The van der Waals surface area contributed by atoms with E-state index in [0.29, 0.717) is 5.65 Å². The summed E-state index contributed by atoms with van der Waals surface area (Å²) in [6.45, 7) is 8.31. The van der Waals surface area contributed by atoms with Gasteiger partial charge in [0.2, 0.25) is 0 Å². The van der Waals surface area contributed by atoms with Crippen molar-refractivity contribution < 1.29 is 0 Å². The normalized spacial score (nSPS) is 12.0. The highest BCUT2D eigenvalue weighted by molar-refractivity contribution is 5.75. The maximum atomic E-state index is 11.7. The second kappa shape index (κ2) is 3.99. The first-order valence-corrected chi connectivity index (χ1v) is 5.95. The number of aryl methyl sites for hydroxylation is 1. The van der Waals surface area contributed by atoms with E-state index in [9.17, 15) is 4.79 Å². The van der Waals surface area contributed by atoms with Gasteiger partial charge in [0, 0.05) is 22.1 Å². The molecule has 90 valence electrons. The maximum absolute atomic E-state index is 11.7. The largest absolute Gasteiger partial charge is 0.306 e. The van der Waals surface area contributed by atoms with Crippen LogP contribution in [0.2, 0.25) is 0 Å². The van der Waals surface area contributed by atoms with Gasteiger partial charge in [-0.05, 0) is 24.6 Å². The molecule has 2 aromatic rings. The quantitative estimate of drug-likeness (QED) is 0.818. The number of pyridine rings is 2. The second-order valence-corrected chi connectivity index (χ2v) is 5.36. The fraction of sp³-hybridized carbons (Fsp3) is 0.429. The average molecular weight is 230 g/mol. The van der Waals surface area contributed by atoms with Crippen LogP contribution >= 0.6 is 0 Å². The summed E-state index contributed by atoms with van der Waals surface area (Å²) >= 11 is 0. The van der Waals surface area contributed by atoms with E-state index in [4.69, 9.17) is 0 Å². The molecule has 0 spiro atoms. The summed E-state index contributed by atoms with van der Waals surface area (Å²) < 4.78 is 0. The minimum absolute atomic E-state index is 0.00545. The van der Waals surface area contributed by atoms with Gasteiger partial charge in [-0.1, -0.05) is 27.7 Å². The maximum Gasteiger partial charge on any atom is 0.252 e. The molecule has 0 saturated carbocycles. The van der Waals surface area contributed by atoms with E-state index in [1.807, 2.05) is 25.1 Å². The number of nitrogens with one attached hydrogen (secondary N) is 1. The third-order valence-electron chi connectivity index (χ3n) is 2.93. The number of nitrogens with zero attached hydrogens (tertiary/aromatic N) is 1. The van der Waals surface area contributed by atoms with E-state index in [-0.39, 0.29) is 11.0 Å². The first-order valence-electron chi connectivity index (χ1n) is 5.95. The molecule has 2 rings (SSSR count). The summed E-state index contributed by atoms with van der Waals surface area (Å²) in [7, 11) is 0. The molecule has 0 aromatic carbocycles. The van der Waals surface area contributed by atoms with Crippen molar-refractivity contribution in [2.24, 2.45) is 0 Å². The van der Waals surface area contributed by atoms with Crippen molar-refractivity contribution in [3.8, 4) is 0 Å². The van der Waals surface area contributed by atoms with Crippen molar-refractivity contribution in [3.05, 3.63) is 39.8 Å². The predicted molar refractivity (Wildman–Crippen MR) is 70.4 cm³/mol. The molecule has 1 N–H and O–H groups in total. The summed E-state index contributed by atoms with van der Waals surface area (Å²) in [4.78, 5) is 19.1. The summed E-state index contributed by atoms with van der Waals surface area (Å²) in [5.74, 6) is 0. The van der Waals surface area contributed by atoms with Gasteiger partial charge in [0.15, 0.2) is 0 Å². The third-order valence-corrected chi connectivity index (χ3v) is 2.93. The number of hydrogen-bond acceptors (Lipinski definition) is 2. The third kappa shape index (κ3) is 2.23. The Labute approximate surface area is 101 Å². The summed E-state index contributed by atoms with van der Waals surface area (Å²) in [6.07, 6.45) is 0.742. The molecule has 0 amide bonds. The molecular weight excluding hydrogens is 212 g/mol.